The molecule has 0 amide bonds. The molecule has 0 bridgehead atoms. The molecule has 0 saturated carbocycles. The van der Waals surface area contributed by atoms with Gasteiger partial charge in [-0.1, -0.05) is 41.4 Å². The molecule has 2 N–H and O–H groups in total. The van der Waals surface area contributed by atoms with E-state index in [1.807, 2.05) is 30.3 Å². The average molecular weight is 326 g/mol. The topological polar surface area (TPSA) is 62.7 Å². The van der Waals surface area contributed by atoms with Crippen LogP contribution in [-0.4, -0.2) is 15.2 Å². The van der Waals surface area contributed by atoms with Gasteiger partial charge in [-0.3, -0.25) is 0 Å². The Morgan fingerprint density at radius 3 is 2.70 bits per heavy atom. The van der Waals surface area contributed by atoms with Crippen molar-refractivity contribution in [3.05, 3.63) is 70.9 Å². The van der Waals surface area contributed by atoms with E-state index in [0.717, 1.165) is 5.69 Å². The van der Waals surface area contributed by atoms with Crippen LogP contribution in [0.3, 0.4) is 0 Å². The molecule has 5 nitrogen and oxygen atoms in total. The van der Waals surface area contributed by atoms with E-state index < -0.39 is 0 Å². The van der Waals surface area contributed by atoms with Crippen LogP contribution in [0.5, 0.6) is 0 Å². The van der Waals surface area contributed by atoms with Crippen molar-refractivity contribution in [2.75, 3.05) is 10.6 Å². The molecule has 116 valence electrons. The summed E-state index contributed by atoms with van der Waals surface area (Å²) in [6, 6.07) is 15.7. The number of aromatic nitrogens is 3. The van der Waals surface area contributed by atoms with Gasteiger partial charge in [-0.2, -0.15) is 10.1 Å². The van der Waals surface area contributed by atoms with Crippen LogP contribution in [0.25, 0.3) is 0 Å². The summed E-state index contributed by atoms with van der Waals surface area (Å²) >= 11 is 5.87. The first-order valence-corrected chi connectivity index (χ1v) is 7.58. The second kappa shape index (κ2) is 7.07. The first-order valence-electron chi connectivity index (χ1n) is 7.21. The molecule has 0 aliphatic heterocycles. The Balaban J connectivity index is 1.66. The maximum atomic E-state index is 5.87. The van der Waals surface area contributed by atoms with Crippen molar-refractivity contribution >= 4 is 29.1 Å². The van der Waals surface area contributed by atoms with Gasteiger partial charge in [0.25, 0.3) is 0 Å². The Morgan fingerprint density at radius 2 is 1.91 bits per heavy atom. The summed E-state index contributed by atoms with van der Waals surface area (Å²) in [4.78, 5) is 4.40. The highest BCUT2D eigenvalue weighted by molar-refractivity contribution is 6.30. The van der Waals surface area contributed by atoms with Gasteiger partial charge in [-0.15, -0.1) is 5.10 Å². The molecule has 0 aliphatic carbocycles. The van der Waals surface area contributed by atoms with Crippen LogP contribution in [0.15, 0.2) is 54.7 Å². The zero-order valence-electron chi connectivity index (χ0n) is 12.6. The molecule has 6 heteroatoms. The van der Waals surface area contributed by atoms with Gasteiger partial charge >= 0.3 is 0 Å². The predicted molar refractivity (Wildman–Crippen MR) is 93.1 cm³/mol. The van der Waals surface area contributed by atoms with Crippen LogP contribution in [0.4, 0.5) is 17.5 Å². The SMILES string of the molecule is Cc1cccc(CNc2nncc(Nc3ccc(Cl)cc3)n2)c1. The largest absolute Gasteiger partial charge is 0.349 e. The zero-order chi connectivity index (χ0) is 16.1. The lowest BCUT2D eigenvalue weighted by Crippen LogP contribution is -2.06. The third kappa shape index (κ3) is 4.40. The van der Waals surface area contributed by atoms with Crippen molar-refractivity contribution in [1.82, 2.24) is 15.2 Å². The van der Waals surface area contributed by atoms with Crippen molar-refractivity contribution in [3.63, 3.8) is 0 Å². The lowest BCUT2D eigenvalue weighted by molar-refractivity contribution is 0.948. The number of rotatable bonds is 5. The van der Waals surface area contributed by atoms with Crippen molar-refractivity contribution in [2.45, 2.75) is 13.5 Å². The first-order chi connectivity index (χ1) is 11.2. The molecule has 1 aromatic heterocycles. The summed E-state index contributed by atoms with van der Waals surface area (Å²) in [6.45, 7) is 2.71. The minimum Gasteiger partial charge on any atom is -0.349 e. The Labute approximate surface area is 139 Å². The van der Waals surface area contributed by atoms with Crippen molar-refractivity contribution in [3.8, 4) is 0 Å². The zero-order valence-corrected chi connectivity index (χ0v) is 13.4. The Kier molecular flexibility index (Phi) is 4.68. The summed E-state index contributed by atoms with van der Waals surface area (Å²) in [5.41, 5.74) is 3.28. The van der Waals surface area contributed by atoms with Gasteiger partial charge in [-0.05, 0) is 36.8 Å². The van der Waals surface area contributed by atoms with Gasteiger partial charge in [-0.25, -0.2) is 0 Å². The molecule has 0 radical (unpaired) electrons. The third-order valence-corrected chi connectivity index (χ3v) is 3.46. The normalized spacial score (nSPS) is 10.3. The van der Waals surface area contributed by atoms with E-state index in [4.69, 9.17) is 11.6 Å². The van der Waals surface area contributed by atoms with Crippen LogP contribution in [0.2, 0.25) is 5.02 Å². The minimum atomic E-state index is 0.477. The smallest absolute Gasteiger partial charge is 0.244 e. The van der Waals surface area contributed by atoms with E-state index in [-0.39, 0.29) is 0 Å². The minimum absolute atomic E-state index is 0.477. The number of halogens is 1. The number of hydrogen-bond donors (Lipinski definition) is 2. The molecule has 0 atom stereocenters. The monoisotopic (exact) mass is 325 g/mol. The van der Waals surface area contributed by atoms with Crippen LogP contribution in [0, 0.1) is 6.92 Å². The average Bonchev–Trinajstić information content (AvgIpc) is 2.56. The number of aryl methyl sites for hydroxylation is 1. The molecular weight excluding hydrogens is 310 g/mol. The molecule has 3 rings (SSSR count). The van der Waals surface area contributed by atoms with E-state index in [1.54, 1.807) is 6.20 Å². The summed E-state index contributed by atoms with van der Waals surface area (Å²) in [5, 5.41) is 15.0. The lowest BCUT2D eigenvalue weighted by Gasteiger charge is -2.08. The van der Waals surface area contributed by atoms with Crippen LogP contribution >= 0.6 is 11.6 Å². The van der Waals surface area contributed by atoms with Gasteiger partial charge in [0.2, 0.25) is 5.95 Å². The highest BCUT2D eigenvalue weighted by Crippen LogP contribution is 2.17. The fraction of sp³-hybridized carbons (Fsp3) is 0.118. The van der Waals surface area contributed by atoms with Crippen LogP contribution < -0.4 is 10.6 Å². The molecule has 0 unspecified atom stereocenters. The van der Waals surface area contributed by atoms with Crippen molar-refractivity contribution < 1.29 is 0 Å². The van der Waals surface area contributed by atoms with Crippen LogP contribution in [0.1, 0.15) is 11.1 Å². The molecule has 3 aromatic rings. The maximum Gasteiger partial charge on any atom is 0.244 e. The quantitative estimate of drug-likeness (QED) is 0.736. The Bertz CT molecular complexity index is 789. The van der Waals surface area contributed by atoms with E-state index in [9.17, 15) is 0 Å². The molecule has 0 saturated heterocycles. The highest BCUT2D eigenvalue weighted by Gasteiger charge is 2.02. The summed E-state index contributed by atoms with van der Waals surface area (Å²) < 4.78 is 0. The van der Waals surface area contributed by atoms with E-state index in [2.05, 4.69) is 50.9 Å². The van der Waals surface area contributed by atoms with Gasteiger partial charge in [0, 0.05) is 17.3 Å². The lowest BCUT2D eigenvalue weighted by atomic mass is 10.1. The third-order valence-electron chi connectivity index (χ3n) is 3.21. The highest BCUT2D eigenvalue weighted by atomic mass is 35.5. The Morgan fingerprint density at radius 1 is 1.09 bits per heavy atom. The van der Waals surface area contributed by atoms with Gasteiger partial charge < -0.3 is 10.6 Å². The molecule has 2 aromatic carbocycles. The molecule has 1 heterocycles. The molecule has 0 fully saturated rings. The maximum absolute atomic E-state index is 5.87. The number of hydrogen-bond acceptors (Lipinski definition) is 5. The molecule has 23 heavy (non-hydrogen) atoms. The summed E-state index contributed by atoms with van der Waals surface area (Å²) in [7, 11) is 0. The van der Waals surface area contributed by atoms with Gasteiger partial charge in [0.15, 0.2) is 5.82 Å². The second-order valence-electron chi connectivity index (χ2n) is 5.14. The molecule has 0 spiro atoms. The van der Waals surface area contributed by atoms with Crippen LogP contribution in [-0.2, 0) is 6.54 Å². The molecular formula is C17H16ClN5. The van der Waals surface area contributed by atoms with E-state index in [0.29, 0.717) is 23.3 Å². The summed E-state index contributed by atoms with van der Waals surface area (Å²) in [5.74, 6) is 1.10. The van der Waals surface area contributed by atoms with Crippen molar-refractivity contribution in [2.24, 2.45) is 0 Å². The fourth-order valence-corrected chi connectivity index (χ4v) is 2.25. The fourth-order valence-electron chi connectivity index (χ4n) is 2.12. The second-order valence-corrected chi connectivity index (χ2v) is 5.58. The van der Waals surface area contributed by atoms with Gasteiger partial charge in [0.1, 0.15) is 0 Å². The van der Waals surface area contributed by atoms with E-state index >= 15 is 0 Å². The summed E-state index contributed by atoms with van der Waals surface area (Å²) in [6.07, 6.45) is 1.58. The number of benzene rings is 2. The number of nitrogens with zero attached hydrogens (tertiary/aromatic N) is 3. The number of nitrogens with one attached hydrogen (secondary N) is 2. The Hall–Kier alpha value is -2.66. The predicted octanol–water partition coefficient (Wildman–Crippen LogP) is 4.19. The van der Waals surface area contributed by atoms with Crippen molar-refractivity contribution in [1.29, 1.82) is 0 Å². The van der Waals surface area contributed by atoms with Gasteiger partial charge in [0.05, 0.1) is 6.20 Å². The molecule has 0 aliphatic rings. The standard InChI is InChI=1S/C17H16ClN5/c1-12-3-2-4-13(9-12)10-19-17-22-16(11-20-23-17)21-15-7-5-14(18)6-8-15/h2-9,11H,10H2,1H3,(H2,19,21,22,23). The number of anilines is 3. The first kappa shape index (κ1) is 15.2. The van der Waals surface area contributed by atoms with E-state index in [1.165, 1.54) is 11.1 Å².